The van der Waals surface area contributed by atoms with Gasteiger partial charge in [-0.15, -0.1) is 0 Å². The van der Waals surface area contributed by atoms with Crippen LogP contribution in [0.2, 0.25) is 0 Å². The largest absolute Gasteiger partial charge is 0.493 e. The highest BCUT2D eigenvalue weighted by Crippen LogP contribution is 2.31. The van der Waals surface area contributed by atoms with Crippen molar-refractivity contribution in [1.29, 1.82) is 0 Å². The second kappa shape index (κ2) is 4.70. The van der Waals surface area contributed by atoms with Gasteiger partial charge in [-0.25, -0.2) is 0 Å². The number of nitrogens with two attached hydrogens (primary N) is 1. The standard InChI is InChI=1S/C13H16N2O3/c1-7(14)9-4-8-5-11(17-2)12(18-3)6-10(8)15-13(9)16/h4-7H,14H2,1-3H3,(H,15,16). The van der Waals surface area contributed by atoms with Gasteiger partial charge in [0.2, 0.25) is 0 Å². The molecule has 1 aromatic carbocycles. The summed E-state index contributed by atoms with van der Waals surface area (Å²) in [5, 5.41) is 0.861. The smallest absolute Gasteiger partial charge is 0.253 e. The Balaban J connectivity index is 2.74. The molecule has 1 atom stereocenters. The van der Waals surface area contributed by atoms with Crippen LogP contribution in [0.4, 0.5) is 0 Å². The first-order valence-electron chi connectivity index (χ1n) is 5.61. The fourth-order valence-corrected chi connectivity index (χ4v) is 1.89. The minimum Gasteiger partial charge on any atom is -0.493 e. The van der Waals surface area contributed by atoms with E-state index < -0.39 is 0 Å². The van der Waals surface area contributed by atoms with Crippen molar-refractivity contribution in [1.82, 2.24) is 4.98 Å². The quantitative estimate of drug-likeness (QED) is 0.864. The summed E-state index contributed by atoms with van der Waals surface area (Å²) in [5.41, 5.74) is 6.83. The van der Waals surface area contributed by atoms with Crippen LogP contribution in [-0.2, 0) is 0 Å². The van der Waals surface area contributed by atoms with Gasteiger partial charge in [-0.1, -0.05) is 0 Å². The van der Waals surface area contributed by atoms with Gasteiger partial charge in [0, 0.05) is 23.1 Å². The van der Waals surface area contributed by atoms with E-state index in [1.165, 1.54) is 0 Å². The summed E-state index contributed by atoms with van der Waals surface area (Å²) in [5.74, 6) is 1.20. The molecule has 0 aliphatic carbocycles. The van der Waals surface area contributed by atoms with Crippen LogP contribution in [0, 0.1) is 0 Å². The minimum absolute atomic E-state index is 0.176. The van der Waals surface area contributed by atoms with Crippen LogP contribution < -0.4 is 20.8 Å². The Morgan fingerprint density at radius 3 is 2.33 bits per heavy atom. The van der Waals surface area contributed by atoms with E-state index in [4.69, 9.17) is 15.2 Å². The molecule has 0 saturated carbocycles. The molecule has 0 radical (unpaired) electrons. The predicted molar refractivity (Wildman–Crippen MR) is 70.3 cm³/mol. The van der Waals surface area contributed by atoms with E-state index in [9.17, 15) is 4.79 Å². The molecule has 1 heterocycles. The first-order chi connectivity index (χ1) is 8.56. The zero-order valence-electron chi connectivity index (χ0n) is 10.6. The molecule has 18 heavy (non-hydrogen) atoms. The highest BCUT2D eigenvalue weighted by Gasteiger charge is 2.10. The van der Waals surface area contributed by atoms with Crippen LogP contribution >= 0.6 is 0 Å². The van der Waals surface area contributed by atoms with Gasteiger partial charge in [-0.3, -0.25) is 4.79 Å². The zero-order chi connectivity index (χ0) is 13.3. The summed E-state index contributed by atoms with van der Waals surface area (Å²) in [6.45, 7) is 1.77. The van der Waals surface area contributed by atoms with Crippen LogP contribution in [0.5, 0.6) is 11.5 Å². The minimum atomic E-state index is -0.314. The molecule has 0 spiro atoms. The van der Waals surface area contributed by atoms with Crippen molar-refractivity contribution >= 4 is 10.9 Å². The second-order valence-corrected chi connectivity index (χ2v) is 4.14. The summed E-state index contributed by atoms with van der Waals surface area (Å²) >= 11 is 0. The van der Waals surface area contributed by atoms with E-state index in [-0.39, 0.29) is 11.6 Å². The van der Waals surface area contributed by atoms with Crippen molar-refractivity contribution in [3.63, 3.8) is 0 Å². The first-order valence-corrected chi connectivity index (χ1v) is 5.61. The van der Waals surface area contributed by atoms with Crippen LogP contribution in [-0.4, -0.2) is 19.2 Å². The number of benzene rings is 1. The Labute approximate surface area is 105 Å². The van der Waals surface area contributed by atoms with Gasteiger partial charge < -0.3 is 20.2 Å². The van der Waals surface area contributed by atoms with Crippen LogP contribution in [0.25, 0.3) is 10.9 Å². The van der Waals surface area contributed by atoms with Crippen molar-refractivity contribution in [3.05, 3.63) is 34.1 Å². The lowest BCUT2D eigenvalue weighted by Crippen LogP contribution is -2.19. The molecule has 5 heteroatoms. The molecule has 0 aliphatic rings. The van der Waals surface area contributed by atoms with E-state index in [2.05, 4.69) is 4.98 Å². The van der Waals surface area contributed by atoms with Gasteiger partial charge >= 0.3 is 0 Å². The van der Waals surface area contributed by atoms with Gasteiger partial charge in [-0.05, 0) is 19.1 Å². The van der Waals surface area contributed by atoms with E-state index >= 15 is 0 Å². The number of rotatable bonds is 3. The molecule has 1 unspecified atom stereocenters. The van der Waals surface area contributed by atoms with Gasteiger partial charge in [-0.2, -0.15) is 0 Å². The van der Waals surface area contributed by atoms with E-state index in [0.717, 1.165) is 5.39 Å². The highest BCUT2D eigenvalue weighted by molar-refractivity contribution is 5.83. The highest BCUT2D eigenvalue weighted by atomic mass is 16.5. The number of nitrogens with one attached hydrogen (secondary N) is 1. The maximum absolute atomic E-state index is 11.8. The molecule has 0 bridgehead atoms. The molecule has 2 rings (SSSR count). The molecule has 2 aromatic rings. The summed E-state index contributed by atoms with van der Waals surface area (Å²) in [4.78, 5) is 14.6. The third kappa shape index (κ3) is 2.04. The Kier molecular flexibility index (Phi) is 3.25. The average Bonchev–Trinajstić information content (AvgIpc) is 2.36. The zero-order valence-corrected chi connectivity index (χ0v) is 10.6. The summed E-state index contributed by atoms with van der Waals surface area (Å²) in [7, 11) is 3.12. The molecule has 0 saturated heterocycles. The maximum Gasteiger partial charge on any atom is 0.253 e. The molecule has 1 aromatic heterocycles. The molecule has 0 aliphatic heterocycles. The molecule has 3 N–H and O–H groups in total. The summed E-state index contributed by atoms with van der Waals surface area (Å²) < 4.78 is 10.4. The van der Waals surface area contributed by atoms with Crippen molar-refractivity contribution in [2.24, 2.45) is 5.73 Å². The maximum atomic E-state index is 11.8. The lowest BCUT2D eigenvalue weighted by Gasteiger charge is -2.11. The Bertz CT molecular complexity index is 632. The van der Waals surface area contributed by atoms with E-state index in [1.54, 1.807) is 33.3 Å². The lowest BCUT2D eigenvalue weighted by molar-refractivity contribution is 0.356. The van der Waals surface area contributed by atoms with Crippen molar-refractivity contribution < 1.29 is 9.47 Å². The second-order valence-electron chi connectivity index (χ2n) is 4.14. The van der Waals surface area contributed by atoms with Gasteiger partial charge in [0.15, 0.2) is 11.5 Å². The number of fused-ring (bicyclic) bond motifs is 1. The number of pyridine rings is 1. The Hall–Kier alpha value is -2.01. The predicted octanol–water partition coefficient (Wildman–Crippen LogP) is 1.56. The topological polar surface area (TPSA) is 77.3 Å². The fraction of sp³-hybridized carbons (Fsp3) is 0.308. The third-order valence-electron chi connectivity index (χ3n) is 2.87. The molecular formula is C13H16N2O3. The molecule has 5 nitrogen and oxygen atoms in total. The fourth-order valence-electron chi connectivity index (χ4n) is 1.89. The number of methoxy groups -OCH3 is 2. The van der Waals surface area contributed by atoms with Crippen molar-refractivity contribution in [3.8, 4) is 11.5 Å². The van der Waals surface area contributed by atoms with Crippen molar-refractivity contribution in [2.75, 3.05) is 14.2 Å². The van der Waals surface area contributed by atoms with Crippen LogP contribution in [0.15, 0.2) is 23.0 Å². The van der Waals surface area contributed by atoms with Gasteiger partial charge in [0.05, 0.1) is 19.7 Å². The molecular weight excluding hydrogens is 232 g/mol. The van der Waals surface area contributed by atoms with Gasteiger partial charge in [0.1, 0.15) is 0 Å². The third-order valence-corrected chi connectivity index (χ3v) is 2.87. The van der Waals surface area contributed by atoms with Gasteiger partial charge in [0.25, 0.3) is 5.56 Å². The summed E-state index contributed by atoms with van der Waals surface area (Å²) in [6, 6.07) is 5.02. The molecule has 0 fully saturated rings. The first kappa shape index (κ1) is 12.4. The number of aromatic nitrogens is 1. The molecule has 96 valence electrons. The number of ether oxygens (including phenoxy) is 2. The normalized spacial score (nSPS) is 12.4. The molecule has 0 amide bonds. The lowest BCUT2D eigenvalue weighted by atomic mass is 10.1. The Morgan fingerprint density at radius 2 is 1.78 bits per heavy atom. The average molecular weight is 248 g/mol. The SMILES string of the molecule is COc1cc2cc(C(C)N)c(=O)[nH]c2cc1OC. The number of aromatic amines is 1. The van der Waals surface area contributed by atoms with E-state index in [0.29, 0.717) is 22.6 Å². The van der Waals surface area contributed by atoms with Crippen LogP contribution in [0.3, 0.4) is 0 Å². The number of hydrogen-bond donors (Lipinski definition) is 2. The monoisotopic (exact) mass is 248 g/mol. The number of hydrogen-bond acceptors (Lipinski definition) is 4. The van der Waals surface area contributed by atoms with Crippen molar-refractivity contribution in [2.45, 2.75) is 13.0 Å². The van der Waals surface area contributed by atoms with Crippen LogP contribution in [0.1, 0.15) is 18.5 Å². The summed E-state index contributed by atoms with van der Waals surface area (Å²) in [6.07, 6.45) is 0. The number of H-pyrrole nitrogens is 1. The Morgan fingerprint density at radius 1 is 1.17 bits per heavy atom. The van der Waals surface area contributed by atoms with E-state index in [1.807, 2.05) is 6.07 Å².